The first-order chi connectivity index (χ1) is 14.5. The van der Waals surface area contributed by atoms with Crippen molar-refractivity contribution in [1.82, 2.24) is 19.7 Å². The zero-order valence-corrected chi connectivity index (χ0v) is 18.5. The number of aromatic nitrogens is 3. The molecule has 2 aromatic rings. The predicted octanol–water partition coefficient (Wildman–Crippen LogP) is 3.79. The van der Waals surface area contributed by atoms with Gasteiger partial charge in [-0.15, -0.1) is 0 Å². The molecule has 30 heavy (non-hydrogen) atoms. The summed E-state index contributed by atoms with van der Waals surface area (Å²) in [5.74, 6) is 0.628. The summed E-state index contributed by atoms with van der Waals surface area (Å²) >= 11 is 5.97. The number of hydrogen-bond acceptors (Lipinski definition) is 4. The molecule has 0 spiro atoms. The van der Waals surface area contributed by atoms with Gasteiger partial charge in [-0.25, -0.2) is 9.67 Å². The van der Waals surface area contributed by atoms with Crippen LogP contribution in [0.4, 0.5) is 0 Å². The van der Waals surface area contributed by atoms with Gasteiger partial charge in [0.05, 0.1) is 11.6 Å². The van der Waals surface area contributed by atoms with E-state index in [1.54, 1.807) is 6.33 Å². The first kappa shape index (κ1) is 21.3. The molecular weight excluding hydrogens is 398 g/mol. The minimum atomic E-state index is -0.540. The topological polar surface area (TPSA) is 77.0 Å². The molecule has 1 saturated carbocycles. The summed E-state index contributed by atoms with van der Waals surface area (Å²) in [6, 6.07) is 7.14. The van der Waals surface area contributed by atoms with Crippen molar-refractivity contribution < 1.29 is 4.79 Å². The Balaban J connectivity index is 1.47. The van der Waals surface area contributed by atoms with Gasteiger partial charge in [-0.3, -0.25) is 4.79 Å². The summed E-state index contributed by atoms with van der Waals surface area (Å²) in [5.41, 5.74) is 7.32. The van der Waals surface area contributed by atoms with Crippen LogP contribution in [0.25, 0.3) is 0 Å². The molecule has 162 valence electrons. The molecule has 2 heterocycles. The number of carbonyl (C=O) groups is 1. The van der Waals surface area contributed by atoms with E-state index in [0.717, 1.165) is 18.4 Å². The van der Waals surface area contributed by atoms with Crippen molar-refractivity contribution in [3.63, 3.8) is 0 Å². The molecule has 1 aromatic heterocycles. The Hall–Kier alpha value is -1.92. The largest absolute Gasteiger partial charge is 0.338 e. The molecule has 0 bridgehead atoms. The lowest BCUT2D eigenvalue weighted by Crippen LogP contribution is -2.58. The number of hydrogen-bond donors (Lipinski definition) is 1. The molecule has 2 aliphatic rings. The monoisotopic (exact) mass is 429 g/mol. The second-order valence-electron chi connectivity index (χ2n) is 9.05. The maximum absolute atomic E-state index is 13.2. The minimum Gasteiger partial charge on any atom is -0.338 e. The Morgan fingerprint density at radius 1 is 1.27 bits per heavy atom. The molecule has 1 saturated heterocycles. The molecule has 0 radical (unpaired) electrons. The van der Waals surface area contributed by atoms with E-state index in [1.165, 1.54) is 32.1 Å². The molecule has 1 aliphatic carbocycles. The number of benzene rings is 1. The third-order valence-electron chi connectivity index (χ3n) is 7.18. The Morgan fingerprint density at radius 2 is 2.00 bits per heavy atom. The zero-order chi connectivity index (χ0) is 21.1. The fourth-order valence-electron chi connectivity index (χ4n) is 5.60. The summed E-state index contributed by atoms with van der Waals surface area (Å²) < 4.78 is 2.09. The van der Waals surface area contributed by atoms with E-state index in [9.17, 15) is 4.79 Å². The lowest BCUT2D eigenvalue weighted by atomic mass is 9.68. The van der Waals surface area contributed by atoms with Gasteiger partial charge in [0.15, 0.2) is 0 Å². The highest BCUT2D eigenvalue weighted by atomic mass is 35.5. The molecule has 6 nitrogen and oxygen atoms in total. The Labute approximate surface area is 183 Å². The molecular formula is C23H32ClN5O. The van der Waals surface area contributed by atoms with Crippen molar-refractivity contribution in [2.24, 2.45) is 11.7 Å². The van der Waals surface area contributed by atoms with Gasteiger partial charge in [-0.1, -0.05) is 43.0 Å². The van der Waals surface area contributed by atoms with Crippen LogP contribution in [-0.2, 0) is 16.8 Å². The van der Waals surface area contributed by atoms with Crippen molar-refractivity contribution in [3.8, 4) is 0 Å². The average molecular weight is 430 g/mol. The maximum atomic E-state index is 13.2. The second kappa shape index (κ2) is 9.06. The molecule has 4 rings (SSSR count). The van der Waals surface area contributed by atoms with E-state index in [0.29, 0.717) is 23.9 Å². The van der Waals surface area contributed by atoms with Crippen LogP contribution in [-0.4, -0.2) is 44.2 Å². The van der Waals surface area contributed by atoms with Gasteiger partial charge in [0, 0.05) is 17.6 Å². The van der Waals surface area contributed by atoms with Crippen molar-refractivity contribution in [2.45, 2.75) is 75.9 Å². The van der Waals surface area contributed by atoms with E-state index in [-0.39, 0.29) is 17.5 Å². The number of piperidine rings is 1. The lowest BCUT2D eigenvalue weighted by Gasteiger charge is -2.50. The number of amides is 1. The first-order valence-electron chi connectivity index (χ1n) is 11.2. The highest BCUT2D eigenvalue weighted by molar-refractivity contribution is 6.30. The van der Waals surface area contributed by atoms with Crippen LogP contribution in [0, 0.1) is 5.92 Å². The Bertz CT molecular complexity index is 834. The van der Waals surface area contributed by atoms with Gasteiger partial charge >= 0.3 is 0 Å². The van der Waals surface area contributed by atoms with E-state index in [4.69, 9.17) is 17.3 Å². The Morgan fingerprint density at radius 3 is 2.63 bits per heavy atom. The first-order valence-corrected chi connectivity index (χ1v) is 11.5. The van der Waals surface area contributed by atoms with Gasteiger partial charge in [0.1, 0.15) is 12.7 Å². The van der Waals surface area contributed by atoms with E-state index in [2.05, 4.69) is 21.7 Å². The van der Waals surface area contributed by atoms with Gasteiger partial charge in [0.2, 0.25) is 5.91 Å². The fourth-order valence-corrected chi connectivity index (χ4v) is 5.73. The number of halogens is 1. The molecule has 2 N–H and O–H groups in total. The predicted molar refractivity (Wildman–Crippen MR) is 118 cm³/mol. The van der Waals surface area contributed by atoms with Crippen LogP contribution in [0.15, 0.2) is 36.9 Å². The molecule has 2 fully saturated rings. The van der Waals surface area contributed by atoms with E-state index >= 15 is 0 Å². The van der Waals surface area contributed by atoms with E-state index in [1.807, 2.05) is 35.5 Å². The van der Waals surface area contributed by atoms with Crippen LogP contribution >= 0.6 is 11.6 Å². The third kappa shape index (κ3) is 4.26. The second-order valence-corrected chi connectivity index (χ2v) is 9.49. The van der Waals surface area contributed by atoms with Crippen molar-refractivity contribution in [1.29, 1.82) is 0 Å². The normalized spacial score (nSPS) is 26.5. The summed E-state index contributed by atoms with van der Waals surface area (Å²) in [4.78, 5) is 19.4. The van der Waals surface area contributed by atoms with Crippen molar-refractivity contribution >= 4 is 17.5 Å². The number of likely N-dealkylation sites (tertiary alicyclic amines) is 1. The smallest absolute Gasteiger partial charge is 0.240 e. The van der Waals surface area contributed by atoms with Gasteiger partial charge in [0.25, 0.3) is 0 Å². The van der Waals surface area contributed by atoms with Crippen molar-refractivity contribution in [3.05, 3.63) is 47.5 Å². The highest BCUT2D eigenvalue weighted by Crippen LogP contribution is 2.45. The quantitative estimate of drug-likeness (QED) is 0.784. The highest BCUT2D eigenvalue weighted by Gasteiger charge is 2.47. The molecule has 3 atom stereocenters. The lowest BCUT2D eigenvalue weighted by molar-refractivity contribution is -0.139. The van der Waals surface area contributed by atoms with Crippen molar-refractivity contribution in [2.75, 3.05) is 6.54 Å². The van der Waals surface area contributed by atoms with Gasteiger partial charge in [-0.2, -0.15) is 5.10 Å². The Kier molecular flexibility index (Phi) is 6.44. The minimum absolute atomic E-state index is 0.0354. The standard InChI is InChI=1S/C23H32ClN5O/c1-17-14-23(29-16-26-15-27-29,19-5-3-2-4-6-19)11-12-28(17)22(30)21(25)13-18-7-9-20(24)10-8-18/h7-10,15-17,19,21H,2-6,11-14,25H2,1H3. The number of nitrogens with zero attached hydrogens (tertiary/aromatic N) is 4. The average Bonchev–Trinajstić information content (AvgIpc) is 3.31. The fraction of sp³-hybridized carbons (Fsp3) is 0.609. The zero-order valence-electron chi connectivity index (χ0n) is 17.7. The van der Waals surface area contributed by atoms with Crippen LogP contribution in [0.3, 0.4) is 0 Å². The molecule has 1 aliphatic heterocycles. The molecule has 1 aromatic carbocycles. The van der Waals surface area contributed by atoms with Gasteiger partial charge < -0.3 is 10.6 Å². The summed E-state index contributed by atoms with van der Waals surface area (Å²) in [5, 5.41) is 5.25. The molecule has 1 amide bonds. The molecule has 3 unspecified atom stereocenters. The SMILES string of the molecule is CC1CC(C2CCCCC2)(n2cncn2)CCN1C(=O)C(N)Cc1ccc(Cl)cc1. The number of rotatable bonds is 5. The summed E-state index contributed by atoms with van der Waals surface area (Å²) in [6.45, 7) is 2.87. The molecule has 7 heteroatoms. The van der Waals surface area contributed by atoms with E-state index < -0.39 is 6.04 Å². The summed E-state index contributed by atoms with van der Waals surface area (Å²) in [7, 11) is 0. The summed E-state index contributed by atoms with van der Waals surface area (Å²) in [6.07, 6.45) is 12.2. The van der Waals surface area contributed by atoms with Crippen LogP contribution in [0.5, 0.6) is 0 Å². The number of carbonyl (C=O) groups excluding carboxylic acids is 1. The van der Waals surface area contributed by atoms with Crippen LogP contribution < -0.4 is 5.73 Å². The number of nitrogens with two attached hydrogens (primary N) is 1. The third-order valence-corrected chi connectivity index (χ3v) is 7.43. The maximum Gasteiger partial charge on any atom is 0.240 e. The van der Waals surface area contributed by atoms with Gasteiger partial charge in [-0.05, 0) is 62.6 Å². The van der Waals surface area contributed by atoms with Crippen LogP contribution in [0.2, 0.25) is 5.02 Å². The van der Waals surface area contributed by atoms with Crippen LogP contribution in [0.1, 0.15) is 57.4 Å².